The van der Waals surface area contributed by atoms with Crippen molar-refractivity contribution in [1.29, 1.82) is 0 Å². The van der Waals surface area contributed by atoms with Crippen LogP contribution in [0.15, 0.2) is 46.2 Å². The van der Waals surface area contributed by atoms with Gasteiger partial charge in [-0.05, 0) is 24.3 Å². The first-order valence-electron chi connectivity index (χ1n) is 5.63. The average molecular weight is 310 g/mol. The lowest BCUT2D eigenvalue weighted by Gasteiger charge is -2.08. The molecule has 0 aliphatic heterocycles. The van der Waals surface area contributed by atoms with Crippen molar-refractivity contribution in [3.8, 4) is 0 Å². The number of carbonyl (C=O) groups is 2. The largest absolute Gasteiger partial charge is 0.478 e. The number of hydrogen-bond donors (Lipinski definition) is 2. The number of carboxylic acid groups (broad SMARTS) is 2. The molecule has 21 heavy (non-hydrogen) atoms. The molecular weight excluding hydrogens is 302 g/mol. The van der Waals surface area contributed by atoms with E-state index in [0.29, 0.717) is 0 Å². The van der Waals surface area contributed by atoms with E-state index in [4.69, 9.17) is 10.2 Å². The molecule has 0 aliphatic carbocycles. The van der Waals surface area contributed by atoms with Crippen LogP contribution in [-0.4, -0.2) is 22.2 Å². The van der Waals surface area contributed by atoms with Crippen LogP contribution in [0.4, 0.5) is 8.78 Å². The van der Waals surface area contributed by atoms with Crippen LogP contribution in [0.3, 0.4) is 0 Å². The van der Waals surface area contributed by atoms with Gasteiger partial charge in [-0.1, -0.05) is 23.9 Å². The maximum absolute atomic E-state index is 14.0. The first-order chi connectivity index (χ1) is 9.91. The smallest absolute Gasteiger partial charge is 0.341 e. The molecule has 2 aromatic carbocycles. The Bertz CT molecular complexity index is 731. The molecule has 0 aromatic heterocycles. The van der Waals surface area contributed by atoms with Crippen LogP contribution in [0.1, 0.15) is 20.7 Å². The molecule has 0 saturated carbocycles. The quantitative estimate of drug-likeness (QED) is 0.904. The van der Waals surface area contributed by atoms with E-state index >= 15 is 0 Å². The third-order valence-corrected chi connectivity index (χ3v) is 3.72. The second-order valence-electron chi connectivity index (χ2n) is 3.94. The van der Waals surface area contributed by atoms with Gasteiger partial charge in [0.25, 0.3) is 0 Å². The molecule has 7 heteroatoms. The van der Waals surface area contributed by atoms with Crippen molar-refractivity contribution in [3.63, 3.8) is 0 Å². The molecular formula is C14H8F2O4S. The van der Waals surface area contributed by atoms with Gasteiger partial charge in [-0.3, -0.25) is 0 Å². The van der Waals surface area contributed by atoms with E-state index in [1.165, 1.54) is 18.2 Å². The van der Waals surface area contributed by atoms with Crippen LogP contribution < -0.4 is 0 Å². The molecule has 0 saturated heterocycles. The van der Waals surface area contributed by atoms with Crippen molar-refractivity contribution in [2.75, 3.05) is 0 Å². The van der Waals surface area contributed by atoms with Gasteiger partial charge < -0.3 is 10.2 Å². The van der Waals surface area contributed by atoms with Gasteiger partial charge in [0, 0.05) is 9.79 Å². The SMILES string of the molecule is O=C(O)c1ccccc1Sc1ccc(F)c(C(=O)O)c1F. The van der Waals surface area contributed by atoms with Crippen molar-refractivity contribution in [1.82, 2.24) is 0 Å². The standard InChI is InChI=1S/C14H8F2O4S/c15-8-5-6-10(12(16)11(8)14(19)20)21-9-4-2-1-3-7(9)13(17)18/h1-6H,(H,17,18)(H,19,20). The Kier molecular flexibility index (Phi) is 4.23. The molecule has 0 aliphatic rings. The minimum atomic E-state index is -1.72. The normalized spacial score (nSPS) is 10.4. The lowest BCUT2D eigenvalue weighted by molar-refractivity contribution is 0.0677. The van der Waals surface area contributed by atoms with Gasteiger partial charge in [0.05, 0.1) is 5.56 Å². The monoisotopic (exact) mass is 310 g/mol. The molecule has 2 rings (SSSR count). The fraction of sp³-hybridized carbons (Fsp3) is 0. The molecule has 0 radical (unpaired) electrons. The fourth-order valence-electron chi connectivity index (χ4n) is 1.66. The average Bonchev–Trinajstić information content (AvgIpc) is 2.42. The molecule has 0 heterocycles. The predicted octanol–water partition coefficient (Wildman–Crippen LogP) is 3.51. The summed E-state index contributed by atoms with van der Waals surface area (Å²) in [5, 5.41) is 17.8. The van der Waals surface area contributed by atoms with E-state index in [9.17, 15) is 18.4 Å². The lowest BCUT2D eigenvalue weighted by Crippen LogP contribution is -2.06. The molecule has 4 nitrogen and oxygen atoms in total. The van der Waals surface area contributed by atoms with E-state index in [-0.39, 0.29) is 15.4 Å². The van der Waals surface area contributed by atoms with Gasteiger partial charge in [0.1, 0.15) is 11.4 Å². The molecule has 2 N–H and O–H groups in total. The molecule has 0 unspecified atom stereocenters. The van der Waals surface area contributed by atoms with Crippen LogP contribution in [0.2, 0.25) is 0 Å². The summed E-state index contributed by atoms with van der Waals surface area (Å²) in [5.74, 6) is -5.33. The summed E-state index contributed by atoms with van der Waals surface area (Å²) < 4.78 is 27.3. The Morgan fingerprint density at radius 1 is 0.905 bits per heavy atom. The van der Waals surface area contributed by atoms with Crippen molar-refractivity contribution in [3.05, 3.63) is 59.2 Å². The van der Waals surface area contributed by atoms with Crippen LogP contribution in [0.25, 0.3) is 0 Å². The summed E-state index contributed by atoms with van der Waals surface area (Å²) in [6, 6.07) is 7.77. The number of carboxylic acids is 2. The summed E-state index contributed by atoms with van der Waals surface area (Å²) in [6.07, 6.45) is 0. The van der Waals surface area contributed by atoms with Gasteiger partial charge >= 0.3 is 11.9 Å². The third kappa shape index (κ3) is 3.03. The zero-order chi connectivity index (χ0) is 15.6. The highest BCUT2D eigenvalue weighted by Crippen LogP contribution is 2.34. The van der Waals surface area contributed by atoms with Crippen LogP contribution >= 0.6 is 11.8 Å². The topological polar surface area (TPSA) is 74.6 Å². The highest BCUT2D eigenvalue weighted by Gasteiger charge is 2.21. The highest BCUT2D eigenvalue weighted by atomic mass is 32.2. The minimum absolute atomic E-state index is 0.0527. The maximum atomic E-state index is 14.0. The van der Waals surface area contributed by atoms with Gasteiger partial charge in [-0.15, -0.1) is 0 Å². The summed E-state index contributed by atoms with van der Waals surface area (Å²) >= 11 is 0.724. The lowest BCUT2D eigenvalue weighted by atomic mass is 10.2. The second kappa shape index (κ2) is 5.92. The Morgan fingerprint density at radius 2 is 1.57 bits per heavy atom. The van der Waals surface area contributed by atoms with E-state index in [0.717, 1.165) is 23.9 Å². The van der Waals surface area contributed by atoms with Gasteiger partial charge in [0.15, 0.2) is 5.82 Å². The minimum Gasteiger partial charge on any atom is -0.478 e. The molecule has 0 amide bonds. The summed E-state index contributed by atoms with van der Waals surface area (Å²) in [6.45, 7) is 0. The van der Waals surface area contributed by atoms with Crippen LogP contribution in [0.5, 0.6) is 0 Å². The highest BCUT2D eigenvalue weighted by molar-refractivity contribution is 7.99. The Balaban J connectivity index is 2.49. The molecule has 108 valence electrons. The number of halogens is 2. The number of benzene rings is 2. The molecule has 0 bridgehead atoms. The van der Waals surface area contributed by atoms with Gasteiger partial charge in [-0.25, -0.2) is 18.4 Å². The zero-order valence-corrected chi connectivity index (χ0v) is 11.2. The third-order valence-electron chi connectivity index (χ3n) is 2.61. The van der Waals surface area contributed by atoms with Crippen LogP contribution in [-0.2, 0) is 0 Å². The molecule has 2 aromatic rings. The fourth-order valence-corrected chi connectivity index (χ4v) is 2.64. The summed E-state index contributed by atoms with van der Waals surface area (Å²) in [4.78, 5) is 22.0. The molecule has 0 atom stereocenters. The molecule has 0 spiro atoms. The zero-order valence-electron chi connectivity index (χ0n) is 10.3. The van der Waals surface area contributed by atoms with Crippen molar-refractivity contribution in [2.45, 2.75) is 9.79 Å². The van der Waals surface area contributed by atoms with Crippen molar-refractivity contribution in [2.24, 2.45) is 0 Å². The number of aromatic carboxylic acids is 2. The van der Waals surface area contributed by atoms with Crippen LogP contribution in [0, 0.1) is 11.6 Å². The van der Waals surface area contributed by atoms with Crippen molar-refractivity contribution < 1.29 is 28.6 Å². The Hall–Kier alpha value is -2.41. The van der Waals surface area contributed by atoms with E-state index in [1.807, 2.05) is 0 Å². The summed E-state index contributed by atoms with van der Waals surface area (Å²) in [7, 11) is 0. The van der Waals surface area contributed by atoms with Gasteiger partial charge in [-0.2, -0.15) is 0 Å². The number of rotatable bonds is 4. The molecule has 0 fully saturated rings. The Labute approximate surface area is 122 Å². The first-order valence-corrected chi connectivity index (χ1v) is 6.45. The second-order valence-corrected chi connectivity index (χ2v) is 5.03. The Morgan fingerprint density at radius 3 is 2.19 bits per heavy atom. The van der Waals surface area contributed by atoms with E-state index in [2.05, 4.69) is 0 Å². The maximum Gasteiger partial charge on any atom is 0.341 e. The number of hydrogen-bond acceptors (Lipinski definition) is 3. The van der Waals surface area contributed by atoms with E-state index < -0.39 is 29.1 Å². The van der Waals surface area contributed by atoms with E-state index in [1.54, 1.807) is 6.07 Å². The summed E-state index contributed by atoms with van der Waals surface area (Å²) in [5.41, 5.74) is -1.11. The predicted molar refractivity (Wildman–Crippen MR) is 70.8 cm³/mol. The van der Waals surface area contributed by atoms with Gasteiger partial charge in [0.2, 0.25) is 0 Å². The first kappa shape index (κ1) is 15.0. The van der Waals surface area contributed by atoms with Crippen molar-refractivity contribution >= 4 is 23.7 Å².